The van der Waals surface area contributed by atoms with Gasteiger partial charge in [0.2, 0.25) is 0 Å². The van der Waals surface area contributed by atoms with E-state index in [1.54, 1.807) is 0 Å². The van der Waals surface area contributed by atoms with Gasteiger partial charge in [-0.2, -0.15) is 0 Å². The lowest BCUT2D eigenvalue weighted by atomic mass is 9.81. The molecule has 6 nitrogen and oxygen atoms in total. The molecule has 0 spiro atoms. The van der Waals surface area contributed by atoms with Crippen LogP contribution in [0.2, 0.25) is 0 Å². The van der Waals surface area contributed by atoms with Crippen LogP contribution in [0.25, 0.3) is 0 Å². The first-order chi connectivity index (χ1) is 6.78. The highest BCUT2D eigenvalue weighted by molar-refractivity contribution is 5.65. The Balaban J connectivity index is 4.31. The van der Waals surface area contributed by atoms with Crippen LogP contribution in [0.15, 0.2) is 0 Å². The van der Waals surface area contributed by atoms with Gasteiger partial charge >= 0.3 is 12.2 Å². The van der Waals surface area contributed by atoms with Crippen LogP contribution in [-0.4, -0.2) is 25.4 Å². The monoisotopic (exact) mass is 218 g/mol. The normalized spacial score (nSPS) is 11.2. The molecule has 0 saturated heterocycles. The Bertz CT molecular complexity index is 222. The first kappa shape index (κ1) is 13.5. The van der Waals surface area contributed by atoms with Crippen molar-refractivity contribution < 1.29 is 19.1 Å². The minimum Gasteiger partial charge on any atom is -0.449 e. The first-order valence-corrected chi connectivity index (χ1v) is 4.62. The van der Waals surface area contributed by atoms with Crippen molar-refractivity contribution in [1.29, 1.82) is 0 Å². The molecule has 0 heterocycles. The number of amides is 2. The molecule has 0 aromatic carbocycles. The summed E-state index contributed by atoms with van der Waals surface area (Å²) in [7, 11) is 0. The molecular formula is C9H18N2O4. The van der Waals surface area contributed by atoms with E-state index in [2.05, 4.69) is 0 Å². The summed E-state index contributed by atoms with van der Waals surface area (Å²) in [6.07, 6.45) is -1.69. The quantitative estimate of drug-likeness (QED) is 0.713. The van der Waals surface area contributed by atoms with Crippen LogP contribution in [0.5, 0.6) is 0 Å². The number of ether oxygens (including phenoxy) is 2. The molecule has 0 unspecified atom stereocenters. The summed E-state index contributed by atoms with van der Waals surface area (Å²) in [5.41, 5.74) is 9.24. The molecule has 0 aromatic heterocycles. The second-order valence-electron chi connectivity index (χ2n) is 4.02. The lowest BCUT2D eigenvalue weighted by Crippen LogP contribution is -2.37. The SMILES string of the molecule is CC(C)C(C)(COC(N)=O)COC(N)=O. The molecule has 0 aliphatic heterocycles. The summed E-state index contributed by atoms with van der Waals surface area (Å²) in [6.45, 7) is 5.85. The molecule has 0 aliphatic carbocycles. The molecule has 88 valence electrons. The predicted molar refractivity (Wildman–Crippen MR) is 54.0 cm³/mol. The van der Waals surface area contributed by atoms with Crippen LogP contribution >= 0.6 is 0 Å². The fourth-order valence-electron chi connectivity index (χ4n) is 0.847. The number of hydrogen-bond acceptors (Lipinski definition) is 4. The summed E-state index contributed by atoms with van der Waals surface area (Å²) < 4.78 is 9.41. The average molecular weight is 218 g/mol. The minimum atomic E-state index is -0.846. The third-order valence-corrected chi connectivity index (χ3v) is 2.48. The molecule has 0 aliphatic rings. The van der Waals surface area contributed by atoms with E-state index in [9.17, 15) is 9.59 Å². The Morgan fingerprint density at radius 2 is 1.47 bits per heavy atom. The van der Waals surface area contributed by atoms with Gasteiger partial charge in [-0.25, -0.2) is 9.59 Å². The molecule has 4 N–H and O–H groups in total. The zero-order valence-electron chi connectivity index (χ0n) is 9.28. The van der Waals surface area contributed by atoms with E-state index in [1.165, 1.54) is 0 Å². The van der Waals surface area contributed by atoms with Crippen LogP contribution in [0, 0.1) is 11.3 Å². The first-order valence-electron chi connectivity index (χ1n) is 4.62. The van der Waals surface area contributed by atoms with E-state index >= 15 is 0 Å². The number of rotatable bonds is 5. The van der Waals surface area contributed by atoms with E-state index in [0.29, 0.717) is 0 Å². The van der Waals surface area contributed by atoms with Crippen molar-refractivity contribution in [3.63, 3.8) is 0 Å². The maximum Gasteiger partial charge on any atom is 0.404 e. The van der Waals surface area contributed by atoms with Crippen LogP contribution in [0.3, 0.4) is 0 Å². The van der Waals surface area contributed by atoms with Gasteiger partial charge in [0.15, 0.2) is 0 Å². The number of carbonyl (C=O) groups excluding carboxylic acids is 2. The lowest BCUT2D eigenvalue weighted by Gasteiger charge is -2.31. The van der Waals surface area contributed by atoms with E-state index in [-0.39, 0.29) is 19.1 Å². The summed E-state index contributed by atoms with van der Waals surface area (Å²) in [5, 5.41) is 0. The molecule has 0 aromatic rings. The highest BCUT2D eigenvalue weighted by Gasteiger charge is 2.31. The van der Waals surface area contributed by atoms with Gasteiger partial charge in [0.25, 0.3) is 0 Å². The van der Waals surface area contributed by atoms with Gasteiger partial charge in [-0.3, -0.25) is 0 Å². The highest BCUT2D eigenvalue weighted by Crippen LogP contribution is 2.27. The second-order valence-corrected chi connectivity index (χ2v) is 4.02. The molecule has 6 heteroatoms. The van der Waals surface area contributed by atoms with Crippen LogP contribution in [0.1, 0.15) is 20.8 Å². The fraction of sp³-hybridized carbons (Fsp3) is 0.778. The Morgan fingerprint density at radius 3 is 1.67 bits per heavy atom. The van der Waals surface area contributed by atoms with E-state index in [0.717, 1.165) is 0 Å². The summed E-state index contributed by atoms with van der Waals surface area (Å²) in [4.78, 5) is 20.9. The third-order valence-electron chi connectivity index (χ3n) is 2.48. The maximum absolute atomic E-state index is 10.5. The number of hydrogen-bond donors (Lipinski definition) is 2. The van der Waals surface area contributed by atoms with Gasteiger partial charge in [-0.05, 0) is 5.92 Å². The number of nitrogens with two attached hydrogens (primary N) is 2. The standard InChI is InChI=1S/C9H18N2O4/c1-6(2)9(3,4-14-7(10)12)5-15-8(11)13/h6H,4-5H2,1-3H3,(H2,10,12)(H2,11,13). The molecule has 0 atom stereocenters. The van der Waals surface area contributed by atoms with Crippen molar-refractivity contribution in [2.75, 3.05) is 13.2 Å². The topological polar surface area (TPSA) is 105 Å². The van der Waals surface area contributed by atoms with E-state index in [4.69, 9.17) is 20.9 Å². The van der Waals surface area contributed by atoms with E-state index in [1.807, 2.05) is 20.8 Å². The molecule has 0 rings (SSSR count). The van der Waals surface area contributed by atoms with Gasteiger partial charge in [0, 0.05) is 5.41 Å². The molecule has 2 amide bonds. The Hall–Kier alpha value is -1.46. The van der Waals surface area contributed by atoms with Crippen LogP contribution in [0.4, 0.5) is 9.59 Å². The zero-order valence-corrected chi connectivity index (χ0v) is 9.28. The molecular weight excluding hydrogens is 200 g/mol. The molecule has 0 radical (unpaired) electrons. The van der Waals surface area contributed by atoms with Crippen LogP contribution in [-0.2, 0) is 9.47 Å². The largest absolute Gasteiger partial charge is 0.449 e. The van der Waals surface area contributed by atoms with Crippen molar-refractivity contribution in [3.05, 3.63) is 0 Å². The molecule has 0 fully saturated rings. The fourth-order valence-corrected chi connectivity index (χ4v) is 0.847. The van der Waals surface area contributed by atoms with Crippen molar-refractivity contribution in [3.8, 4) is 0 Å². The second kappa shape index (κ2) is 5.43. The van der Waals surface area contributed by atoms with Crippen molar-refractivity contribution >= 4 is 12.2 Å². The smallest absolute Gasteiger partial charge is 0.404 e. The lowest BCUT2D eigenvalue weighted by molar-refractivity contribution is 0.0141. The van der Waals surface area contributed by atoms with E-state index < -0.39 is 17.6 Å². The van der Waals surface area contributed by atoms with Gasteiger partial charge in [0.1, 0.15) is 13.2 Å². The van der Waals surface area contributed by atoms with Crippen molar-refractivity contribution in [2.45, 2.75) is 20.8 Å². The van der Waals surface area contributed by atoms with Gasteiger partial charge in [-0.15, -0.1) is 0 Å². The summed E-state index contributed by atoms with van der Waals surface area (Å²) in [5.74, 6) is 0.149. The molecule has 15 heavy (non-hydrogen) atoms. The maximum atomic E-state index is 10.5. The van der Waals surface area contributed by atoms with Crippen LogP contribution < -0.4 is 11.5 Å². The zero-order chi connectivity index (χ0) is 12.1. The number of carbonyl (C=O) groups is 2. The minimum absolute atomic E-state index is 0.0906. The Labute approximate surface area is 88.9 Å². The molecule has 0 saturated carbocycles. The van der Waals surface area contributed by atoms with Crippen molar-refractivity contribution in [2.24, 2.45) is 22.8 Å². The highest BCUT2D eigenvalue weighted by atomic mass is 16.6. The number of primary amides is 2. The Kier molecular flexibility index (Phi) is 4.90. The summed E-state index contributed by atoms with van der Waals surface area (Å²) in [6, 6.07) is 0. The average Bonchev–Trinajstić information content (AvgIpc) is 2.11. The van der Waals surface area contributed by atoms with Gasteiger partial charge in [0.05, 0.1) is 0 Å². The van der Waals surface area contributed by atoms with Gasteiger partial charge in [-0.1, -0.05) is 20.8 Å². The molecule has 0 bridgehead atoms. The van der Waals surface area contributed by atoms with Crippen molar-refractivity contribution in [1.82, 2.24) is 0 Å². The predicted octanol–water partition coefficient (Wildman–Crippen LogP) is 0.839. The Morgan fingerprint density at radius 1 is 1.13 bits per heavy atom. The third kappa shape index (κ3) is 5.09. The van der Waals surface area contributed by atoms with Gasteiger partial charge < -0.3 is 20.9 Å². The summed E-state index contributed by atoms with van der Waals surface area (Å²) >= 11 is 0.